The molecule has 0 bridgehead atoms. The Balaban J connectivity index is 1.50. The summed E-state index contributed by atoms with van der Waals surface area (Å²) in [5, 5.41) is 0. The summed E-state index contributed by atoms with van der Waals surface area (Å²) in [6, 6.07) is 19.0. The molecule has 1 amide bonds. The highest BCUT2D eigenvalue weighted by molar-refractivity contribution is 6.15. The Kier molecular flexibility index (Phi) is 4.50. The average molecular weight is 396 g/mol. The smallest absolute Gasteiger partial charge is 0.227 e. The van der Waals surface area contributed by atoms with Gasteiger partial charge in [0.25, 0.3) is 0 Å². The van der Waals surface area contributed by atoms with Crippen LogP contribution in [0.2, 0.25) is 0 Å². The van der Waals surface area contributed by atoms with Crippen molar-refractivity contribution in [2.24, 2.45) is 4.99 Å². The maximum atomic E-state index is 12.9. The SMILES string of the molecule is Cc1cc(C2=NCc3cc4c(cc32)CN([C@H](C)c2ccccc2)C(=O)C4)cc(C)n1. The fourth-order valence-electron chi connectivity index (χ4n) is 4.67. The third-order valence-corrected chi connectivity index (χ3v) is 6.20. The minimum absolute atomic E-state index is 0.0544. The number of pyridine rings is 1. The molecule has 3 heterocycles. The Hall–Kier alpha value is -3.27. The maximum absolute atomic E-state index is 12.9. The van der Waals surface area contributed by atoms with Crippen molar-refractivity contribution in [2.75, 3.05) is 0 Å². The Morgan fingerprint density at radius 3 is 2.40 bits per heavy atom. The Bertz CT molecular complexity index is 1160. The van der Waals surface area contributed by atoms with Crippen LogP contribution in [0.5, 0.6) is 0 Å². The minimum Gasteiger partial charge on any atom is -0.331 e. The standard InChI is InChI=1S/C26H25N3O/c1-16-9-21(10-17(2)28-16)26-24-12-23-15-29(18(3)19-7-5-4-6-8-19)25(30)13-20(23)11-22(24)14-27-26/h4-12,18H,13-15H2,1-3H3/t18-/m1/s1. The van der Waals surface area contributed by atoms with E-state index in [0.717, 1.165) is 28.2 Å². The van der Waals surface area contributed by atoms with Crippen LogP contribution in [0.4, 0.5) is 0 Å². The summed E-state index contributed by atoms with van der Waals surface area (Å²) < 4.78 is 0. The van der Waals surface area contributed by atoms with Crippen molar-refractivity contribution in [1.29, 1.82) is 0 Å². The van der Waals surface area contributed by atoms with E-state index < -0.39 is 0 Å². The van der Waals surface area contributed by atoms with Crippen LogP contribution in [0.1, 0.15) is 57.7 Å². The van der Waals surface area contributed by atoms with E-state index in [1.54, 1.807) is 0 Å². The van der Waals surface area contributed by atoms with E-state index in [1.807, 2.05) is 36.9 Å². The van der Waals surface area contributed by atoms with Gasteiger partial charge in [-0.15, -0.1) is 0 Å². The number of rotatable bonds is 3. The van der Waals surface area contributed by atoms with Crippen molar-refractivity contribution >= 4 is 11.6 Å². The zero-order valence-electron chi connectivity index (χ0n) is 17.6. The lowest BCUT2D eigenvalue weighted by Crippen LogP contribution is -2.38. The molecule has 0 fully saturated rings. The first-order chi connectivity index (χ1) is 14.5. The monoisotopic (exact) mass is 395 g/mol. The van der Waals surface area contributed by atoms with E-state index >= 15 is 0 Å². The number of aromatic nitrogens is 1. The summed E-state index contributed by atoms with van der Waals surface area (Å²) in [5.74, 6) is 0.193. The van der Waals surface area contributed by atoms with Gasteiger partial charge in [-0.3, -0.25) is 14.8 Å². The predicted molar refractivity (Wildman–Crippen MR) is 119 cm³/mol. The van der Waals surface area contributed by atoms with Crippen molar-refractivity contribution in [2.45, 2.75) is 46.3 Å². The van der Waals surface area contributed by atoms with E-state index in [4.69, 9.17) is 4.99 Å². The zero-order chi connectivity index (χ0) is 20.8. The second-order valence-electron chi connectivity index (χ2n) is 8.37. The number of carbonyl (C=O) groups excluding carboxylic acids is 1. The third-order valence-electron chi connectivity index (χ3n) is 6.20. The molecule has 0 radical (unpaired) electrons. The van der Waals surface area contributed by atoms with Crippen LogP contribution in [0.15, 0.2) is 59.6 Å². The number of aryl methyl sites for hydroxylation is 2. The number of amides is 1. The topological polar surface area (TPSA) is 45.6 Å². The van der Waals surface area contributed by atoms with Crippen molar-refractivity contribution in [1.82, 2.24) is 9.88 Å². The van der Waals surface area contributed by atoms with Crippen LogP contribution >= 0.6 is 0 Å². The van der Waals surface area contributed by atoms with Gasteiger partial charge >= 0.3 is 0 Å². The number of hydrogen-bond donors (Lipinski definition) is 0. The van der Waals surface area contributed by atoms with Gasteiger partial charge in [-0.05, 0) is 61.2 Å². The number of hydrogen-bond acceptors (Lipinski definition) is 3. The van der Waals surface area contributed by atoms with Crippen LogP contribution in [0.3, 0.4) is 0 Å². The van der Waals surface area contributed by atoms with E-state index in [1.165, 1.54) is 22.3 Å². The van der Waals surface area contributed by atoms with Gasteiger partial charge in [-0.1, -0.05) is 36.4 Å². The first-order valence-electron chi connectivity index (χ1n) is 10.5. The molecule has 1 aromatic heterocycles. The summed E-state index contributed by atoms with van der Waals surface area (Å²) in [5.41, 5.74) is 10.1. The average Bonchev–Trinajstić information content (AvgIpc) is 3.14. The number of fused-ring (bicyclic) bond motifs is 2. The lowest BCUT2D eigenvalue weighted by atomic mass is 9.90. The second kappa shape index (κ2) is 7.21. The first-order valence-corrected chi connectivity index (χ1v) is 10.5. The fourth-order valence-corrected chi connectivity index (χ4v) is 4.67. The largest absolute Gasteiger partial charge is 0.331 e. The van der Waals surface area contributed by atoms with Gasteiger partial charge in [0, 0.05) is 29.1 Å². The number of aliphatic imine (C=N–C) groups is 1. The van der Waals surface area contributed by atoms with Gasteiger partial charge in [0.2, 0.25) is 5.91 Å². The molecule has 4 heteroatoms. The quantitative estimate of drug-likeness (QED) is 0.646. The molecule has 0 saturated heterocycles. The van der Waals surface area contributed by atoms with Crippen molar-refractivity contribution in [3.05, 3.63) is 99.4 Å². The highest BCUT2D eigenvalue weighted by Crippen LogP contribution is 2.33. The van der Waals surface area contributed by atoms with Gasteiger partial charge in [-0.2, -0.15) is 0 Å². The van der Waals surface area contributed by atoms with Gasteiger partial charge in [-0.25, -0.2) is 0 Å². The normalized spacial score (nSPS) is 16.2. The number of benzene rings is 2. The molecule has 0 N–H and O–H groups in total. The highest BCUT2D eigenvalue weighted by atomic mass is 16.2. The molecule has 2 aromatic carbocycles. The Morgan fingerprint density at radius 1 is 0.933 bits per heavy atom. The first kappa shape index (κ1) is 18.7. The van der Waals surface area contributed by atoms with Gasteiger partial charge in [0.15, 0.2) is 0 Å². The van der Waals surface area contributed by atoms with Gasteiger partial charge in [0.05, 0.1) is 24.7 Å². The van der Waals surface area contributed by atoms with E-state index in [9.17, 15) is 4.79 Å². The molecular weight excluding hydrogens is 370 g/mol. The zero-order valence-corrected chi connectivity index (χ0v) is 17.6. The van der Waals surface area contributed by atoms with Crippen LogP contribution in [-0.2, 0) is 24.3 Å². The molecule has 3 aromatic rings. The molecule has 0 unspecified atom stereocenters. The van der Waals surface area contributed by atoms with Crippen molar-refractivity contribution in [3.63, 3.8) is 0 Å². The molecule has 30 heavy (non-hydrogen) atoms. The molecule has 2 aliphatic heterocycles. The molecule has 4 nitrogen and oxygen atoms in total. The van der Waals surface area contributed by atoms with Crippen LogP contribution in [-0.4, -0.2) is 21.5 Å². The van der Waals surface area contributed by atoms with Crippen LogP contribution in [0.25, 0.3) is 0 Å². The molecule has 0 saturated carbocycles. The molecular formula is C26H25N3O. The van der Waals surface area contributed by atoms with E-state index in [0.29, 0.717) is 19.5 Å². The number of carbonyl (C=O) groups is 1. The molecule has 0 aliphatic carbocycles. The molecule has 2 aliphatic rings. The summed E-state index contributed by atoms with van der Waals surface area (Å²) in [4.78, 5) is 24.3. The second-order valence-corrected chi connectivity index (χ2v) is 8.37. The minimum atomic E-state index is 0.0544. The fraction of sp³-hybridized carbons (Fsp3) is 0.269. The molecule has 5 rings (SSSR count). The summed E-state index contributed by atoms with van der Waals surface area (Å²) in [7, 11) is 0. The lowest BCUT2D eigenvalue weighted by molar-refractivity contribution is -0.134. The third kappa shape index (κ3) is 3.22. The summed E-state index contributed by atoms with van der Waals surface area (Å²) in [6.07, 6.45) is 0.461. The predicted octanol–water partition coefficient (Wildman–Crippen LogP) is 4.70. The van der Waals surface area contributed by atoms with E-state index in [-0.39, 0.29) is 11.9 Å². The maximum Gasteiger partial charge on any atom is 0.227 e. The van der Waals surface area contributed by atoms with Crippen molar-refractivity contribution < 1.29 is 4.79 Å². The van der Waals surface area contributed by atoms with Gasteiger partial charge in [0.1, 0.15) is 0 Å². The van der Waals surface area contributed by atoms with Crippen LogP contribution < -0.4 is 0 Å². The Morgan fingerprint density at radius 2 is 1.67 bits per heavy atom. The number of nitrogens with zero attached hydrogens (tertiary/aromatic N) is 3. The molecule has 150 valence electrons. The lowest BCUT2D eigenvalue weighted by Gasteiger charge is -2.34. The van der Waals surface area contributed by atoms with Gasteiger partial charge < -0.3 is 4.90 Å². The van der Waals surface area contributed by atoms with Crippen LogP contribution in [0, 0.1) is 13.8 Å². The van der Waals surface area contributed by atoms with Crippen molar-refractivity contribution in [3.8, 4) is 0 Å². The molecule has 1 atom stereocenters. The Labute approximate surface area is 177 Å². The molecule has 0 spiro atoms. The van der Waals surface area contributed by atoms with E-state index in [2.05, 4.69) is 48.3 Å². The summed E-state index contributed by atoms with van der Waals surface area (Å²) >= 11 is 0. The summed E-state index contributed by atoms with van der Waals surface area (Å²) in [6.45, 7) is 7.47. The highest BCUT2D eigenvalue weighted by Gasteiger charge is 2.30.